The van der Waals surface area contributed by atoms with Gasteiger partial charge in [0.2, 0.25) is 10.0 Å². The maximum atomic E-state index is 13.0. The Hall–Kier alpha value is -1.96. The van der Waals surface area contributed by atoms with E-state index in [1.54, 1.807) is 0 Å². The van der Waals surface area contributed by atoms with Gasteiger partial charge in [0.15, 0.2) is 0 Å². The number of benzene rings is 2. The molecule has 1 aliphatic rings. The summed E-state index contributed by atoms with van der Waals surface area (Å²) in [6, 6.07) is 10.6. The van der Waals surface area contributed by atoms with Crippen LogP contribution >= 0.6 is 0 Å². The molecule has 2 aromatic rings. The van der Waals surface area contributed by atoms with Crippen molar-refractivity contribution in [3.8, 4) is 5.75 Å². The Labute approximate surface area is 147 Å². The molecule has 1 unspecified atom stereocenters. The van der Waals surface area contributed by atoms with Crippen molar-refractivity contribution in [2.75, 3.05) is 27.2 Å². The fourth-order valence-electron chi connectivity index (χ4n) is 2.90. The minimum absolute atomic E-state index is 0.0498. The first-order chi connectivity index (χ1) is 11.9. The minimum atomic E-state index is -3.69. The Morgan fingerprint density at radius 3 is 2.60 bits per heavy atom. The Bertz CT molecular complexity index is 851. The number of likely N-dealkylation sites (N-methyl/N-ethyl adjacent to an activating group) is 1. The normalized spacial score (nSPS) is 15.0. The zero-order valence-electron chi connectivity index (χ0n) is 14.2. The van der Waals surface area contributed by atoms with Crippen LogP contribution in [0.3, 0.4) is 0 Å². The first-order valence-electron chi connectivity index (χ1n) is 8.04. The molecule has 0 saturated carbocycles. The highest BCUT2D eigenvalue weighted by molar-refractivity contribution is 7.89. The number of nitrogens with zero attached hydrogens (tertiary/aromatic N) is 1. The summed E-state index contributed by atoms with van der Waals surface area (Å²) in [5.74, 6) is 0.429. The predicted octanol–water partition coefficient (Wildman–Crippen LogP) is 2.34. The summed E-state index contributed by atoms with van der Waals surface area (Å²) in [5.41, 5.74) is 2.17. The fraction of sp³-hybridized carbons (Fsp3) is 0.333. The molecule has 1 aliphatic heterocycles. The first-order valence-corrected chi connectivity index (χ1v) is 9.52. The lowest BCUT2D eigenvalue weighted by atomic mass is 10.0. The second kappa shape index (κ2) is 7.11. The number of ether oxygens (including phenoxy) is 1. The van der Waals surface area contributed by atoms with Crippen LogP contribution in [0.25, 0.3) is 0 Å². The summed E-state index contributed by atoms with van der Waals surface area (Å²) < 4.78 is 46.0. The van der Waals surface area contributed by atoms with Crippen molar-refractivity contribution < 1.29 is 17.5 Å². The molecule has 2 aromatic carbocycles. The van der Waals surface area contributed by atoms with E-state index >= 15 is 0 Å². The van der Waals surface area contributed by atoms with E-state index < -0.39 is 15.8 Å². The minimum Gasteiger partial charge on any atom is -0.493 e. The van der Waals surface area contributed by atoms with E-state index in [2.05, 4.69) is 10.8 Å². The molecule has 0 amide bonds. The third kappa shape index (κ3) is 4.00. The molecular weight excluding hydrogens is 343 g/mol. The summed E-state index contributed by atoms with van der Waals surface area (Å²) in [7, 11) is 0.114. The molecule has 0 radical (unpaired) electrons. The van der Waals surface area contributed by atoms with Crippen LogP contribution < -0.4 is 9.46 Å². The Kier molecular flexibility index (Phi) is 5.08. The Balaban J connectivity index is 1.77. The number of rotatable bonds is 6. The van der Waals surface area contributed by atoms with Crippen LogP contribution in [0.1, 0.15) is 17.2 Å². The lowest BCUT2D eigenvalue weighted by molar-refractivity contribution is 0.299. The number of halogens is 1. The third-order valence-corrected chi connectivity index (χ3v) is 5.75. The van der Waals surface area contributed by atoms with Crippen molar-refractivity contribution in [1.82, 2.24) is 9.62 Å². The van der Waals surface area contributed by atoms with Gasteiger partial charge in [-0.3, -0.25) is 0 Å². The van der Waals surface area contributed by atoms with Gasteiger partial charge in [-0.1, -0.05) is 12.1 Å². The van der Waals surface area contributed by atoms with Crippen molar-refractivity contribution in [3.05, 3.63) is 59.4 Å². The van der Waals surface area contributed by atoms with Gasteiger partial charge in [-0.15, -0.1) is 0 Å². The lowest BCUT2D eigenvalue weighted by Crippen LogP contribution is -2.34. The summed E-state index contributed by atoms with van der Waals surface area (Å²) in [4.78, 5) is 2.01. The lowest BCUT2D eigenvalue weighted by Gasteiger charge is -2.25. The average Bonchev–Trinajstić information content (AvgIpc) is 3.02. The van der Waals surface area contributed by atoms with E-state index in [1.807, 2.05) is 31.1 Å². The molecule has 0 aliphatic carbocycles. The van der Waals surface area contributed by atoms with E-state index in [1.165, 1.54) is 12.1 Å². The molecule has 7 heteroatoms. The zero-order chi connectivity index (χ0) is 18.0. The van der Waals surface area contributed by atoms with Crippen molar-refractivity contribution >= 4 is 10.0 Å². The van der Waals surface area contributed by atoms with Gasteiger partial charge in [-0.25, -0.2) is 17.5 Å². The number of nitrogens with one attached hydrogen (secondary N) is 1. The van der Waals surface area contributed by atoms with Gasteiger partial charge in [-0.05, 0) is 55.6 Å². The van der Waals surface area contributed by atoms with E-state index in [0.717, 1.165) is 35.4 Å². The molecule has 0 saturated heterocycles. The van der Waals surface area contributed by atoms with Crippen LogP contribution in [0, 0.1) is 5.82 Å². The molecule has 3 rings (SSSR count). The third-order valence-electron chi connectivity index (χ3n) is 4.31. The topological polar surface area (TPSA) is 58.6 Å². The smallest absolute Gasteiger partial charge is 0.240 e. The summed E-state index contributed by atoms with van der Waals surface area (Å²) in [6.45, 7) is 0.898. The quantitative estimate of drug-likeness (QED) is 0.855. The largest absolute Gasteiger partial charge is 0.493 e. The molecule has 0 bridgehead atoms. The molecular formula is C18H21FN2O3S. The average molecular weight is 364 g/mol. The number of fused-ring (bicyclic) bond motifs is 1. The number of hydrogen-bond donors (Lipinski definition) is 1. The molecule has 1 atom stereocenters. The highest BCUT2D eigenvalue weighted by Gasteiger charge is 2.22. The second-order valence-electron chi connectivity index (χ2n) is 6.25. The van der Waals surface area contributed by atoms with Crippen LogP contribution in [0.15, 0.2) is 47.4 Å². The van der Waals surface area contributed by atoms with Gasteiger partial charge in [0.25, 0.3) is 0 Å². The van der Waals surface area contributed by atoms with Crippen molar-refractivity contribution in [2.24, 2.45) is 0 Å². The van der Waals surface area contributed by atoms with Crippen LogP contribution in [0.2, 0.25) is 0 Å². The van der Waals surface area contributed by atoms with Crippen LogP contribution in [0.5, 0.6) is 5.75 Å². The molecule has 25 heavy (non-hydrogen) atoms. The van der Waals surface area contributed by atoms with Gasteiger partial charge in [0, 0.05) is 19.0 Å². The maximum absolute atomic E-state index is 13.0. The molecule has 1 N–H and O–H groups in total. The highest BCUT2D eigenvalue weighted by atomic mass is 32.2. The standard InChI is InChI=1S/C18H21FN2O3S/c1-21(2)17(13-3-8-18-14(11-13)9-10-24-18)12-20-25(22,23)16-6-4-15(19)5-7-16/h3-8,11,17,20H,9-10,12H2,1-2H3. The van der Waals surface area contributed by atoms with Crippen LogP contribution in [0.4, 0.5) is 4.39 Å². The molecule has 134 valence electrons. The number of hydrogen-bond acceptors (Lipinski definition) is 4. The van der Waals surface area contributed by atoms with Gasteiger partial charge in [0.05, 0.1) is 11.5 Å². The SMILES string of the molecule is CN(C)C(CNS(=O)(=O)c1ccc(F)cc1)c1ccc2c(c1)CCO2. The Morgan fingerprint density at radius 1 is 1.20 bits per heavy atom. The summed E-state index contributed by atoms with van der Waals surface area (Å²) in [5, 5.41) is 0. The van der Waals surface area contributed by atoms with E-state index in [9.17, 15) is 12.8 Å². The van der Waals surface area contributed by atoms with E-state index in [4.69, 9.17) is 4.74 Å². The first kappa shape index (κ1) is 17.8. The molecule has 0 spiro atoms. The molecule has 0 aromatic heterocycles. The Morgan fingerprint density at radius 2 is 1.92 bits per heavy atom. The monoisotopic (exact) mass is 364 g/mol. The highest BCUT2D eigenvalue weighted by Crippen LogP contribution is 2.29. The predicted molar refractivity (Wildman–Crippen MR) is 93.7 cm³/mol. The van der Waals surface area contributed by atoms with Crippen molar-refractivity contribution in [2.45, 2.75) is 17.4 Å². The molecule has 0 fully saturated rings. The van der Waals surface area contributed by atoms with Gasteiger partial charge < -0.3 is 9.64 Å². The second-order valence-corrected chi connectivity index (χ2v) is 8.02. The van der Waals surface area contributed by atoms with Crippen molar-refractivity contribution in [3.63, 3.8) is 0 Å². The molecule has 5 nitrogen and oxygen atoms in total. The van der Waals surface area contributed by atoms with E-state index in [-0.39, 0.29) is 17.5 Å². The number of sulfonamides is 1. The van der Waals surface area contributed by atoms with Crippen LogP contribution in [-0.2, 0) is 16.4 Å². The van der Waals surface area contributed by atoms with Crippen molar-refractivity contribution in [1.29, 1.82) is 0 Å². The fourth-order valence-corrected chi connectivity index (χ4v) is 3.94. The van der Waals surface area contributed by atoms with Gasteiger partial charge in [-0.2, -0.15) is 0 Å². The molecule has 1 heterocycles. The zero-order valence-corrected chi connectivity index (χ0v) is 15.0. The van der Waals surface area contributed by atoms with Crippen LogP contribution in [-0.4, -0.2) is 40.6 Å². The summed E-state index contributed by atoms with van der Waals surface area (Å²) in [6.07, 6.45) is 0.866. The maximum Gasteiger partial charge on any atom is 0.240 e. The van der Waals surface area contributed by atoms with E-state index in [0.29, 0.717) is 6.61 Å². The summed E-state index contributed by atoms with van der Waals surface area (Å²) >= 11 is 0. The van der Waals surface area contributed by atoms with Gasteiger partial charge >= 0.3 is 0 Å². The van der Waals surface area contributed by atoms with Gasteiger partial charge in [0.1, 0.15) is 11.6 Å².